The first-order valence-electron chi connectivity index (χ1n) is 6.34. The average molecular weight is 307 g/mol. The summed E-state index contributed by atoms with van der Waals surface area (Å²) < 4.78 is 15.0. The largest absolute Gasteiger partial charge is 0.480 e. The number of benzene rings is 1. The Bertz CT molecular complexity index is 561. The molecule has 0 amide bonds. The first-order chi connectivity index (χ1) is 10.5. The second-order valence-electron chi connectivity index (χ2n) is 4.40. The molecule has 0 aliphatic carbocycles. The number of esters is 1. The molecule has 1 rings (SSSR count). The van der Waals surface area contributed by atoms with Crippen molar-refractivity contribution in [1.82, 2.24) is 0 Å². The Morgan fingerprint density at radius 2 is 1.73 bits per heavy atom. The predicted octanol–water partition coefficient (Wildman–Crippen LogP) is 1.16. The van der Waals surface area contributed by atoms with Gasteiger partial charge in [0, 0.05) is 14.2 Å². The van der Waals surface area contributed by atoms with Crippen LogP contribution in [0.15, 0.2) is 30.3 Å². The van der Waals surface area contributed by atoms with Gasteiger partial charge in [0.15, 0.2) is 5.92 Å². The fourth-order valence-corrected chi connectivity index (χ4v) is 2.34. The molecule has 2 atom stereocenters. The summed E-state index contributed by atoms with van der Waals surface area (Å²) in [6.07, 6.45) is 0. The Morgan fingerprint density at radius 3 is 2.09 bits per heavy atom. The van der Waals surface area contributed by atoms with Crippen LogP contribution in [0.4, 0.5) is 0 Å². The summed E-state index contributed by atoms with van der Waals surface area (Å²) in [5.41, 5.74) is 0.408. The van der Waals surface area contributed by atoms with Gasteiger partial charge < -0.3 is 19.3 Å². The zero-order valence-electron chi connectivity index (χ0n) is 12.5. The van der Waals surface area contributed by atoms with Crippen LogP contribution in [0.2, 0.25) is 0 Å². The van der Waals surface area contributed by atoms with Crippen LogP contribution in [0, 0.1) is 17.2 Å². The van der Waals surface area contributed by atoms with Gasteiger partial charge in [-0.2, -0.15) is 5.26 Å². The van der Waals surface area contributed by atoms with E-state index in [9.17, 15) is 20.0 Å². The number of hydrogen-bond donors (Lipinski definition) is 1. The van der Waals surface area contributed by atoms with Crippen LogP contribution in [-0.2, 0) is 23.8 Å². The number of ether oxygens (including phenoxy) is 3. The van der Waals surface area contributed by atoms with Gasteiger partial charge in [0.05, 0.1) is 19.1 Å². The zero-order chi connectivity index (χ0) is 16.8. The Labute approximate surface area is 128 Å². The molecule has 7 nitrogen and oxygen atoms in total. The summed E-state index contributed by atoms with van der Waals surface area (Å²) >= 11 is 0. The number of rotatable bonds is 7. The third kappa shape index (κ3) is 3.08. The van der Waals surface area contributed by atoms with Crippen LogP contribution in [0.3, 0.4) is 0 Å². The highest BCUT2D eigenvalue weighted by Gasteiger charge is 2.54. The van der Waals surface area contributed by atoms with Crippen molar-refractivity contribution in [2.75, 3.05) is 21.3 Å². The molecule has 1 aromatic rings. The number of nitriles is 1. The van der Waals surface area contributed by atoms with Gasteiger partial charge in [0.2, 0.25) is 0 Å². The van der Waals surface area contributed by atoms with E-state index in [0.29, 0.717) is 5.56 Å². The van der Waals surface area contributed by atoms with Gasteiger partial charge in [0.25, 0.3) is 5.79 Å². The quantitative estimate of drug-likeness (QED) is 0.595. The lowest BCUT2D eigenvalue weighted by atomic mass is 9.80. The summed E-state index contributed by atoms with van der Waals surface area (Å²) in [6.45, 7) is 0. The lowest BCUT2D eigenvalue weighted by Gasteiger charge is -2.36. The van der Waals surface area contributed by atoms with Gasteiger partial charge in [-0.05, 0) is 5.56 Å². The summed E-state index contributed by atoms with van der Waals surface area (Å²) in [7, 11) is 3.50. The number of carboxylic acid groups (broad SMARTS) is 1. The van der Waals surface area contributed by atoms with Crippen LogP contribution in [0.1, 0.15) is 11.5 Å². The Morgan fingerprint density at radius 1 is 1.18 bits per heavy atom. The van der Waals surface area contributed by atoms with Crippen molar-refractivity contribution in [2.45, 2.75) is 11.7 Å². The number of carbonyl (C=O) groups is 2. The Hall–Kier alpha value is -2.43. The third-order valence-electron chi connectivity index (χ3n) is 3.38. The number of carboxylic acids is 1. The smallest absolute Gasteiger partial charge is 0.367 e. The lowest BCUT2D eigenvalue weighted by molar-refractivity contribution is -0.240. The number of carbonyl (C=O) groups excluding carboxylic acids is 1. The molecular weight excluding hydrogens is 290 g/mol. The molecule has 22 heavy (non-hydrogen) atoms. The zero-order valence-corrected chi connectivity index (χ0v) is 12.5. The number of nitrogens with zero attached hydrogens (tertiary/aromatic N) is 1. The first-order valence-corrected chi connectivity index (χ1v) is 6.34. The lowest BCUT2D eigenvalue weighted by Crippen LogP contribution is -2.52. The molecule has 0 unspecified atom stereocenters. The van der Waals surface area contributed by atoms with Gasteiger partial charge in [0.1, 0.15) is 0 Å². The van der Waals surface area contributed by atoms with E-state index in [4.69, 9.17) is 9.47 Å². The van der Waals surface area contributed by atoms with Crippen molar-refractivity contribution in [1.29, 1.82) is 5.26 Å². The maximum Gasteiger partial charge on any atom is 0.367 e. The summed E-state index contributed by atoms with van der Waals surface area (Å²) in [5, 5.41) is 18.6. The summed E-state index contributed by atoms with van der Waals surface area (Å²) in [4.78, 5) is 23.6. The Kier molecular flexibility index (Phi) is 6.04. The maximum absolute atomic E-state index is 12.2. The number of aliphatic carboxylic acids is 1. The normalized spacial score (nSPS) is 13.7. The SMILES string of the molecule is COC(=O)C(OC)(OC)[C@H](c1ccccc1)[C@H](C#N)C(=O)O. The third-order valence-corrected chi connectivity index (χ3v) is 3.38. The van der Waals surface area contributed by atoms with Crippen molar-refractivity contribution in [3.8, 4) is 6.07 Å². The van der Waals surface area contributed by atoms with Gasteiger partial charge in [-0.15, -0.1) is 0 Å². The molecule has 0 fully saturated rings. The molecule has 0 aliphatic rings. The predicted molar refractivity (Wildman–Crippen MR) is 74.7 cm³/mol. The topological polar surface area (TPSA) is 106 Å². The molecule has 1 N–H and O–H groups in total. The van der Waals surface area contributed by atoms with Crippen LogP contribution in [0.25, 0.3) is 0 Å². The van der Waals surface area contributed by atoms with Gasteiger partial charge in [-0.1, -0.05) is 30.3 Å². The standard InChI is InChI=1S/C15H17NO6/c1-20-14(19)15(21-2,22-3)12(11(9-16)13(17)18)10-7-5-4-6-8-10/h4-8,11-12H,1-3H3,(H,17,18)/t11-,12+/m0/s1. The Balaban J connectivity index is 3.57. The summed E-state index contributed by atoms with van der Waals surface area (Å²) in [5.74, 6) is -7.14. The first kappa shape index (κ1) is 17.6. The molecule has 0 bridgehead atoms. The second-order valence-corrected chi connectivity index (χ2v) is 4.40. The molecule has 0 saturated carbocycles. The van der Waals surface area contributed by atoms with Crippen LogP contribution < -0.4 is 0 Å². The van der Waals surface area contributed by atoms with Crippen molar-refractivity contribution in [2.24, 2.45) is 5.92 Å². The molecule has 1 aromatic carbocycles. The molecule has 0 saturated heterocycles. The van der Waals surface area contributed by atoms with E-state index in [2.05, 4.69) is 4.74 Å². The molecule has 0 heterocycles. The molecular formula is C15H17NO6. The van der Waals surface area contributed by atoms with E-state index >= 15 is 0 Å². The van der Waals surface area contributed by atoms with Crippen molar-refractivity contribution in [3.63, 3.8) is 0 Å². The van der Waals surface area contributed by atoms with Crippen LogP contribution >= 0.6 is 0 Å². The molecule has 0 radical (unpaired) electrons. The highest BCUT2D eigenvalue weighted by atomic mass is 16.7. The minimum atomic E-state index is -2.05. The van der Waals surface area contributed by atoms with E-state index in [-0.39, 0.29) is 0 Å². The van der Waals surface area contributed by atoms with Crippen molar-refractivity contribution in [3.05, 3.63) is 35.9 Å². The monoisotopic (exact) mass is 307 g/mol. The van der Waals surface area contributed by atoms with Crippen molar-refractivity contribution >= 4 is 11.9 Å². The van der Waals surface area contributed by atoms with Gasteiger partial charge >= 0.3 is 11.9 Å². The van der Waals surface area contributed by atoms with Crippen LogP contribution in [0.5, 0.6) is 0 Å². The minimum absolute atomic E-state index is 0.408. The number of hydrogen-bond acceptors (Lipinski definition) is 6. The van der Waals surface area contributed by atoms with E-state index in [1.54, 1.807) is 36.4 Å². The molecule has 0 spiro atoms. The van der Waals surface area contributed by atoms with Crippen LogP contribution in [-0.4, -0.2) is 44.2 Å². The molecule has 0 aromatic heterocycles. The average Bonchev–Trinajstić information content (AvgIpc) is 2.55. The van der Waals surface area contributed by atoms with E-state index < -0.39 is 29.6 Å². The van der Waals surface area contributed by atoms with Gasteiger partial charge in [-0.3, -0.25) is 4.79 Å². The fourth-order valence-electron chi connectivity index (χ4n) is 2.34. The maximum atomic E-state index is 12.2. The van der Waals surface area contributed by atoms with E-state index in [1.807, 2.05) is 0 Å². The fraction of sp³-hybridized carbons (Fsp3) is 0.400. The molecule has 0 aliphatic heterocycles. The minimum Gasteiger partial charge on any atom is -0.480 e. The highest BCUT2D eigenvalue weighted by Crippen LogP contribution is 2.39. The van der Waals surface area contributed by atoms with E-state index in [1.165, 1.54) is 14.2 Å². The highest BCUT2D eigenvalue weighted by molar-refractivity contribution is 5.83. The van der Waals surface area contributed by atoms with E-state index in [0.717, 1.165) is 7.11 Å². The second kappa shape index (κ2) is 7.54. The van der Waals surface area contributed by atoms with Gasteiger partial charge in [-0.25, -0.2) is 4.79 Å². The van der Waals surface area contributed by atoms with Crippen molar-refractivity contribution < 1.29 is 28.9 Å². The summed E-state index contributed by atoms with van der Waals surface area (Å²) in [6, 6.07) is 9.91. The molecule has 7 heteroatoms. The molecule has 118 valence electrons. The number of methoxy groups -OCH3 is 3.